The van der Waals surface area contributed by atoms with Crippen LogP contribution in [0.3, 0.4) is 0 Å². The third-order valence-corrected chi connectivity index (χ3v) is 9.05. The number of fused-ring (bicyclic) bond motifs is 1. The van der Waals surface area contributed by atoms with Crippen LogP contribution >= 0.6 is 11.6 Å². The van der Waals surface area contributed by atoms with Crippen LogP contribution in [0.25, 0.3) is 22.4 Å². The second-order valence-electron chi connectivity index (χ2n) is 11.4. The molecule has 1 aliphatic carbocycles. The van der Waals surface area contributed by atoms with Crippen molar-refractivity contribution in [2.24, 2.45) is 5.10 Å². The van der Waals surface area contributed by atoms with Gasteiger partial charge < -0.3 is 30.3 Å². The van der Waals surface area contributed by atoms with Gasteiger partial charge in [-0.3, -0.25) is 9.69 Å². The molecule has 0 radical (unpaired) electrons. The fourth-order valence-electron chi connectivity index (χ4n) is 6.15. The van der Waals surface area contributed by atoms with E-state index in [0.29, 0.717) is 35.5 Å². The summed E-state index contributed by atoms with van der Waals surface area (Å²) in [4.78, 5) is 31.1. The Morgan fingerprint density at radius 3 is 2.58 bits per heavy atom. The standard InChI is InChI=1S/C32H35ClN6O6/c1-16-18(7-6-10-21(16)35-29(41)28-31(42)38(2)32(43)39(3)37-28)19-8-5-9-20(27(19)33)23-13-17-11-12-22(26(17)30(36-23)44-4)34-24-14-45-15-25(24)40/h5-10,13,22,24-25,31,34,40,42H,11-12,14-15H2,1-4H3,(H,35,41)/t22?,24-,25+,31?/m1/s1. The van der Waals surface area contributed by atoms with Gasteiger partial charge in [-0.05, 0) is 48.6 Å². The van der Waals surface area contributed by atoms with Crippen molar-refractivity contribution in [3.8, 4) is 28.3 Å². The number of nitrogens with one attached hydrogen (secondary N) is 2. The summed E-state index contributed by atoms with van der Waals surface area (Å²) in [5.74, 6) is -0.120. The minimum atomic E-state index is -1.48. The van der Waals surface area contributed by atoms with Crippen molar-refractivity contribution in [2.45, 2.75) is 44.2 Å². The number of aromatic nitrogens is 1. The molecule has 1 fully saturated rings. The molecular weight excluding hydrogens is 600 g/mol. The molecule has 3 heterocycles. The molecular formula is C32H35ClN6O6. The number of amides is 3. The molecule has 3 amide bonds. The van der Waals surface area contributed by atoms with Gasteiger partial charge in [0.2, 0.25) is 5.88 Å². The maximum absolute atomic E-state index is 13.1. The highest BCUT2D eigenvalue weighted by Crippen LogP contribution is 2.43. The van der Waals surface area contributed by atoms with Crippen molar-refractivity contribution in [3.05, 3.63) is 64.2 Å². The Bertz CT molecular complexity index is 1700. The lowest BCUT2D eigenvalue weighted by atomic mass is 9.96. The highest BCUT2D eigenvalue weighted by molar-refractivity contribution is 6.45. The number of pyridine rings is 1. The van der Waals surface area contributed by atoms with Crippen LogP contribution in [-0.2, 0) is 16.0 Å². The van der Waals surface area contributed by atoms with E-state index in [-0.39, 0.29) is 17.8 Å². The first kappa shape index (κ1) is 30.9. The minimum absolute atomic E-state index is 0.0118. The molecule has 45 heavy (non-hydrogen) atoms. The highest BCUT2D eigenvalue weighted by atomic mass is 35.5. The fourth-order valence-corrected chi connectivity index (χ4v) is 6.47. The van der Waals surface area contributed by atoms with Crippen LogP contribution in [0.15, 0.2) is 47.6 Å². The van der Waals surface area contributed by atoms with Gasteiger partial charge in [-0.25, -0.2) is 14.8 Å². The van der Waals surface area contributed by atoms with Crippen molar-refractivity contribution in [2.75, 3.05) is 39.7 Å². The third kappa shape index (κ3) is 5.64. The smallest absolute Gasteiger partial charge is 0.342 e. The van der Waals surface area contributed by atoms with E-state index in [9.17, 15) is 19.8 Å². The second kappa shape index (κ2) is 12.4. The highest BCUT2D eigenvalue weighted by Gasteiger charge is 2.36. The molecule has 0 saturated carbocycles. The Morgan fingerprint density at radius 2 is 1.84 bits per heavy atom. The molecule has 0 spiro atoms. The molecule has 3 aliphatic rings. The summed E-state index contributed by atoms with van der Waals surface area (Å²) in [5, 5.41) is 32.5. The van der Waals surface area contributed by atoms with E-state index in [1.165, 1.54) is 14.1 Å². The van der Waals surface area contributed by atoms with Gasteiger partial charge in [0.25, 0.3) is 5.91 Å². The average Bonchev–Trinajstić information content (AvgIpc) is 3.64. The molecule has 2 aliphatic heterocycles. The van der Waals surface area contributed by atoms with Crippen LogP contribution < -0.4 is 15.4 Å². The van der Waals surface area contributed by atoms with E-state index < -0.39 is 24.3 Å². The number of methoxy groups -OCH3 is 1. The molecule has 2 unspecified atom stereocenters. The number of hydrogen-bond acceptors (Lipinski definition) is 9. The van der Waals surface area contributed by atoms with Crippen LogP contribution in [0.2, 0.25) is 5.02 Å². The number of urea groups is 1. The average molecular weight is 635 g/mol. The van der Waals surface area contributed by atoms with Gasteiger partial charge in [-0.1, -0.05) is 41.9 Å². The van der Waals surface area contributed by atoms with Crippen LogP contribution in [0.1, 0.15) is 29.2 Å². The summed E-state index contributed by atoms with van der Waals surface area (Å²) in [6, 6.07) is 12.5. The number of aryl methyl sites for hydroxylation is 1. The van der Waals surface area contributed by atoms with Crippen LogP contribution in [-0.4, -0.2) is 95.5 Å². The molecule has 4 N–H and O–H groups in total. The summed E-state index contributed by atoms with van der Waals surface area (Å²) in [6.07, 6.45) is -0.363. The minimum Gasteiger partial charge on any atom is -0.481 e. The molecule has 13 heteroatoms. The van der Waals surface area contributed by atoms with Crippen molar-refractivity contribution in [1.29, 1.82) is 0 Å². The Balaban J connectivity index is 1.30. The zero-order valence-electron chi connectivity index (χ0n) is 25.4. The summed E-state index contributed by atoms with van der Waals surface area (Å²) in [5.41, 5.74) is 6.10. The SMILES string of the molecule is COc1nc(-c2cccc(-c3cccc(NC(=O)C4=NN(C)C(=O)N(C)C4O)c3C)c2Cl)cc2c1C(N[C@@H]1COC[C@@H]1O)CC2. The number of nitrogens with zero attached hydrogens (tertiary/aromatic N) is 4. The number of aliphatic hydroxyl groups is 2. The van der Waals surface area contributed by atoms with Crippen molar-refractivity contribution in [3.63, 3.8) is 0 Å². The number of aliphatic hydroxyl groups excluding tert-OH is 2. The molecule has 12 nitrogen and oxygen atoms in total. The van der Waals surface area contributed by atoms with E-state index in [0.717, 1.165) is 56.1 Å². The van der Waals surface area contributed by atoms with Crippen LogP contribution in [0, 0.1) is 6.92 Å². The molecule has 3 aromatic rings. The topological polar surface area (TPSA) is 149 Å². The normalized spacial score (nSPS) is 22.8. The molecule has 6 rings (SSSR count). The van der Waals surface area contributed by atoms with Gasteiger partial charge in [0.05, 0.1) is 43.2 Å². The van der Waals surface area contributed by atoms with Gasteiger partial charge in [0, 0.05) is 42.5 Å². The van der Waals surface area contributed by atoms with E-state index in [2.05, 4.69) is 15.7 Å². The Morgan fingerprint density at radius 1 is 1.11 bits per heavy atom. The zero-order chi connectivity index (χ0) is 32.0. The number of hydrazone groups is 1. The fraction of sp³-hybridized carbons (Fsp3) is 0.375. The number of carbonyl (C=O) groups excluding carboxylic acids is 2. The summed E-state index contributed by atoms with van der Waals surface area (Å²) >= 11 is 7.08. The third-order valence-electron chi connectivity index (χ3n) is 8.65. The Labute approximate surface area is 265 Å². The predicted molar refractivity (Wildman–Crippen MR) is 169 cm³/mol. The molecule has 236 valence electrons. The first-order valence-corrected chi connectivity index (χ1v) is 15.0. The van der Waals surface area contributed by atoms with Gasteiger partial charge in [-0.2, -0.15) is 5.10 Å². The lowest BCUT2D eigenvalue weighted by Gasteiger charge is -2.32. The van der Waals surface area contributed by atoms with Crippen LogP contribution in [0.5, 0.6) is 5.88 Å². The number of carbonyl (C=O) groups is 2. The quantitative estimate of drug-likeness (QED) is 0.309. The van der Waals surface area contributed by atoms with E-state index in [1.807, 2.05) is 37.3 Å². The van der Waals surface area contributed by atoms with Crippen molar-refractivity contribution >= 4 is 34.9 Å². The Hall–Kier alpha value is -4.07. The number of rotatable bonds is 7. The van der Waals surface area contributed by atoms with Crippen molar-refractivity contribution < 1.29 is 29.3 Å². The molecule has 2 aromatic carbocycles. The number of benzene rings is 2. The predicted octanol–water partition coefficient (Wildman–Crippen LogP) is 3.33. The maximum Gasteiger partial charge on any atom is 0.342 e. The summed E-state index contributed by atoms with van der Waals surface area (Å²) in [6.45, 7) is 2.65. The first-order chi connectivity index (χ1) is 21.6. The first-order valence-electron chi connectivity index (χ1n) is 14.7. The van der Waals surface area contributed by atoms with Gasteiger partial charge in [-0.15, -0.1) is 0 Å². The molecule has 1 aromatic heterocycles. The maximum atomic E-state index is 13.1. The molecule has 4 atom stereocenters. The molecule has 0 bridgehead atoms. The van der Waals surface area contributed by atoms with E-state index in [4.69, 9.17) is 26.1 Å². The van der Waals surface area contributed by atoms with Crippen LogP contribution in [0.4, 0.5) is 10.5 Å². The van der Waals surface area contributed by atoms with Crippen molar-refractivity contribution in [1.82, 2.24) is 20.2 Å². The lowest BCUT2D eigenvalue weighted by Crippen LogP contribution is -2.54. The van der Waals surface area contributed by atoms with E-state index in [1.54, 1.807) is 19.2 Å². The number of anilines is 1. The van der Waals surface area contributed by atoms with E-state index >= 15 is 0 Å². The van der Waals surface area contributed by atoms with Gasteiger partial charge in [0.1, 0.15) is 0 Å². The molecule has 1 saturated heterocycles. The number of hydrogen-bond donors (Lipinski definition) is 4. The number of halogens is 1. The largest absolute Gasteiger partial charge is 0.481 e. The number of ether oxygens (including phenoxy) is 2. The van der Waals surface area contributed by atoms with Gasteiger partial charge >= 0.3 is 6.03 Å². The monoisotopic (exact) mass is 634 g/mol. The summed E-state index contributed by atoms with van der Waals surface area (Å²) in [7, 11) is 4.41. The van der Waals surface area contributed by atoms with Gasteiger partial charge in [0.15, 0.2) is 11.9 Å². The zero-order valence-corrected chi connectivity index (χ0v) is 26.1. The Kier molecular flexibility index (Phi) is 8.51. The lowest BCUT2D eigenvalue weighted by molar-refractivity contribution is -0.111. The summed E-state index contributed by atoms with van der Waals surface area (Å²) < 4.78 is 11.2. The second-order valence-corrected chi connectivity index (χ2v) is 11.8.